The summed E-state index contributed by atoms with van der Waals surface area (Å²) in [4.78, 5) is 30.5. The fourth-order valence-electron chi connectivity index (χ4n) is 4.25. The molecule has 1 atom stereocenters. The topological polar surface area (TPSA) is 83.8 Å². The van der Waals surface area contributed by atoms with Crippen molar-refractivity contribution in [2.45, 2.75) is 12.5 Å². The van der Waals surface area contributed by atoms with Crippen LogP contribution in [-0.2, 0) is 9.59 Å². The second kappa shape index (κ2) is 8.23. The number of carbonyl (C=O) groups excluding carboxylic acids is 2. The molecule has 2 aliphatic rings. The molecule has 2 aromatic carbocycles. The molecule has 0 aliphatic carbocycles. The molecular weight excluding hydrogens is 386 g/mol. The number of phenolic OH excluding ortho intramolecular Hbond substituents is 1. The largest absolute Gasteiger partial charge is 0.508 e. The summed E-state index contributed by atoms with van der Waals surface area (Å²) in [5.74, 6) is 0.918. The number of hydrogen-bond donors (Lipinski definition) is 2. The van der Waals surface area contributed by atoms with Crippen LogP contribution >= 0.6 is 0 Å². The molecule has 2 saturated heterocycles. The van der Waals surface area contributed by atoms with Crippen LogP contribution < -0.4 is 24.2 Å². The molecule has 2 aliphatic heterocycles. The number of benzene rings is 2. The van der Waals surface area contributed by atoms with Crippen molar-refractivity contribution < 1.29 is 29.1 Å². The van der Waals surface area contributed by atoms with Crippen LogP contribution in [0.5, 0.6) is 17.2 Å². The number of methoxy groups -OCH3 is 2. The molecule has 8 heteroatoms. The Kier molecular flexibility index (Phi) is 5.50. The number of nitrogens with zero attached hydrogens (tertiary/aromatic N) is 2. The van der Waals surface area contributed by atoms with Crippen molar-refractivity contribution >= 4 is 23.2 Å². The number of rotatable bonds is 5. The van der Waals surface area contributed by atoms with Gasteiger partial charge in [-0.05, 0) is 36.4 Å². The highest BCUT2D eigenvalue weighted by Gasteiger charge is 2.46. The number of phenols is 1. The van der Waals surface area contributed by atoms with Crippen molar-refractivity contribution in [2.75, 3.05) is 50.2 Å². The Morgan fingerprint density at radius 1 is 0.933 bits per heavy atom. The first-order valence-electron chi connectivity index (χ1n) is 9.99. The quantitative estimate of drug-likeness (QED) is 0.694. The molecule has 2 fully saturated rings. The molecule has 0 unspecified atom stereocenters. The molecule has 0 spiro atoms. The minimum Gasteiger partial charge on any atom is -0.508 e. The lowest BCUT2D eigenvalue weighted by Crippen LogP contribution is -3.19. The highest BCUT2D eigenvalue weighted by atomic mass is 16.5. The second-order valence-electron chi connectivity index (χ2n) is 7.53. The number of nitrogens with one attached hydrogen (secondary N) is 1. The van der Waals surface area contributed by atoms with E-state index in [4.69, 9.17) is 9.47 Å². The summed E-state index contributed by atoms with van der Waals surface area (Å²) in [5.41, 5.74) is 1.56. The summed E-state index contributed by atoms with van der Waals surface area (Å²) in [6, 6.07) is 11.8. The van der Waals surface area contributed by atoms with E-state index < -0.39 is 0 Å². The van der Waals surface area contributed by atoms with E-state index in [2.05, 4.69) is 4.90 Å². The normalized spacial score (nSPS) is 20.0. The highest BCUT2D eigenvalue weighted by Crippen LogP contribution is 2.33. The van der Waals surface area contributed by atoms with E-state index in [9.17, 15) is 14.7 Å². The molecule has 0 radical (unpaired) electrons. The Morgan fingerprint density at radius 2 is 1.57 bits per heavy atom. The third-order valence-corrected chi connectivity index (χ3v) is 5.89. The maximum Gasteiger partial charge on any atom is 0.292 e. The Bertz CT molecular complexity index is 938. The number of carbonyl (C=O) groups is 2. The summed E-state index contributed by atoms with van der Waals surface area (Å²) in [6.07, 6.45) is 0.210. The third-order valence-electron chi connectivity index (χ3n) is 5.89. The lowest BCUT2D eigenvalue weighted by atomic mass is 10.1. The van der Waals surface area contributed by atoms with Crippen molar-refractivity contribution in [3.8, 4) is 17.2 Å². The van der Waals surface area contributed by atoms with Crippen molar-refractivity contribution in [3.05, 3.63) is 42.5 Å². The zero-order valence-electron chi connectivity index (χ0n) is 17.1. The predicted octanol–water partition coefficient (Wildman–Crippen LogP) is 0.446. The molecule has 2 heterocycles. The first-order valence-corrected chi connectivity index (χ1v) is 9.99. The van der Waals surface area contributed by atoms with Crippen LogP contribution in [-0.4, -0.2) is 63.4 Å². The van der Waals surface area contributed by atoms with Crippen molar-refractivity contribution in [3.63, 3.8) is 0 Å². The van der Waals surface area contributed by atoms with Gasteiger partial charge in [-0.1, -0.05) is 0 Å². The summed E-state index contributed by atoms with van der Waals surface area (Å²) in [5, 5.41) is 9.46. The van der Waals surface area contributed by atoms with Crippen LogP contribution in [0.25, 0.3) is 0 Å². The molecular formula is C22H26N3O5+. The molecule has 0 saturated carbocycles. The zero-order valence-corrected chi connectivity index (χ0v) is 17.1. The number of amides is 2. The Balaban J connectivity index is 1.45. The van der Waals surface area contributed by atoms with Gasteiger partial charge in [-0.3, -0.25) is 9.59 Å². The molecule has 2 amide bonds. The van der Waals surface area contributed by atoms with E-state index in [1.807, 2.05) is 12.1 Å². The van der Waals surface area contributed by atoms with E-state index in [1.54, 1.807) is 37.4 Å². The number of piperazine rings is 1. The van der Waals surface area contributed by atoms with Crippen LogP contribution in [0.2, 0.25) is 0 Å². The van der Waals surface area contributed by atoms with E-state index in [0.717, 1.165) is 36.8 Å². The maximum absolute atomic E-state index is 13.1. The number of ether oxygens (including phenoxy) is 2. The zero-order chi connectivity index (χ0) is 21.3. The molecule has 30 heavy (non-hydrogen) atoms. The van der Waals surface area contributed by atoms with Crippen LogP contribution in [0, 0.1) is 0 Å². The van der Waals surface area contributed by atoms with Crippen LogP contribution in [0.1, 0.15) is 6.42 Å². The molecule has 0 bridgehead atoms. The molecule has 8 nitrogen and oxygen atoms in total. The first-order chi connectivity index (χ1) is 14.5. The SMILES string of the molecule is COc1ccc(N2C(=O)C[C@H]([NH+]3CCN(c4ccc(O)cc4)CC3)C2=O)cc1OC. The summed E-state index contributed by atoms with van der Waals surface area (Å²) in [7, 11) is 3.07. The summed E-state index contributed by atoms with van der Waals surface area (Å²) >= 11 is 0. The summed E-state index contributed by atoms with van der Waals surface area (Å²) < 4.78 is 10.6. The number of imide groups is 1. The standard InChI is InChI=1S/C22H25N3O5/c1-29-19-8-5-16(13-20(19)30-2)25-21(27)14-18(22(25)28)24-11-9-23(10-12-24)15-3-6-17(26)7-4-15/h3-8,13,18,26H,9-12,14H2,1-2H3/p+1/t18-/m0/s1. The highest BCUT2D eigenvalue weighted by molar-refractivity contribution is 6.22. The molecule has 2 aromatic rings. The van der Waals surface area contributed by atoms with Crippen LogP contribution in [0.4, 0.5) is 11.4 Å². The molecule has 2 N–H and O–H groups in total. The smallest absolute Gasteiger partial charge is 0.292 e. The maximum atomic E-state index is 13.1. The molecule has 158 valence electrons. The van der Waals surface area contributed by atoms with Gasteiger partial charge in [0.1, 0.15) is 5.75 Å². The van der Waals surface area contributed by atoms with Gasteiger partial charge in [-0.25, -0.2) is 4.90 Å². The van der Waals surface area contributed by atoms with Gasteiger partial charge in [0.05, 0.1) is 52.5 Å². The minimum absolute atomic E-state index is 0.166. The Morgan fingerprint density at radius 3 is 2.20 bits per heavy atom. The number of aromatic hydroxyl groups is 1. The van der Waals surface area contributed by atoms with E-state index in [0.29, 0.717) is 17.2 Å². The van der Waals surface area contributed by atoms with Gasteiger partial charge >= 0.3 is 0 Å². The van der Waals surface area contributed by atoms with Crippen LogP contribution in [0.15, 0.2) is 42.5 Å². The van der Waals surface area contributed by atoms with Gasteiger partial charge in [0.2, 0.25) is 5.91 Å². The number of hydrogen-bond acceptors (Lipinski definition) is 6. The van der Waals surface area contributed by atoms with E-state index in [-0.39, 0.29) is 30.0 Å². The second-order valence-corrected chi connectivity index (χ2v) is 7.53. The lowest BCUT2D eigenvalue weighted by Gasteiger charge is -2.35. The predicted molar refractivity (Wildman–Crippen MR) is 111 cm³/mol. The van der Waals surface area contributed by atoms with Gasteiger partial charge in [0.15, 0.2) is 17.5 Å². The minimum atomic E-state index is -0.368. The fourth-order valence-corrected chi connectivity index (χ4v) is 4.25. The average Bonchev–Trinajstić information content (AvgIpc) is 3.07. The van der Waals surface area contributed by atoms with Crippen LogP contribution in [0.3, 0.4) is 0 Å². The van der Waals surface area contributed by atoms with Crippen molar-refractivity contribution in [1.82, 2.24) is 0 Å². The van der Waals surface area contributed by atoms with E-state index >= 15 is 0 Å². The van der Waals surface area contributed by atoms with E-state index in [1.165, 1.54) is 12.0 Å². The molecule has 0 aromatic heterocycles. The monoisotopic (exact) mass is 412 g/mol. The van der Waals surface area contributed by atoms with Gasteiger partial charge in [0, 0.05) is 11.8 Å². The Hall–Kier alpha value is -3.26. The van der Waals surface area contributed by atoms with Gasteiger partial charge in [-0.2, -0.15) is 0 Å². The third kappa shape index (κ3) is 3.66. The van der Waals surface area contributed by atoms with Crippen molar-refractivity contribution in [2.24, 2.45) is 0 Å². The van der Waals surface area contributed by atoms with Gasteiger partial charge in [0.25, 0.3) is 5.91 Å². The van der Waals surface area contributed by atoms with Gasteiger partial charge < -0.3 is 24.4 Å². The lowest BCUT2D eigenvalue weighted by molar-refractivity contribution is -0.915. The molecule has 4 rings (SSSR count). The van der Waals surface area contributed by atoms with Crippen molar-refractivity contribution in [1.29, 1.82) is 0 Å². The number of anilines is 2. The summed E-state index contributed by atoms with van der Waals surface area (Å²) in [6.45, 7) is 3.11. The fraction of sp³-hybridized carbons (Fsp3) is 0.364. The Labute approximate surface area is 175 Å². The number of quaternary nitrogens is 1. The average molecular weight is 412 g/mol. The van der Waals surface area contributed by atoms with Gasteiger partial charge in [-0.15, -0.1) is 0 Å². The first kappa shape index (κ1) is 20.0.